The van der Waals surface area contributed by atoms with Crippen LogP contribution in [0.4, 0.5) is 0 Å². The predicted molar refractivity (Wildman–Crippen MR) is 107 cm³/mol. The van der Waals surface area contributed by atoms with Gasteiger partial charge in [-0.2, -0.15) is 0 Å². The number of rotatable bonds is 7. The maximum absolute atomic E-state index is 12.0. The maximum atomic E-state index is 12.0. The van der Waals surface area contributed by atoms with Crippen molar-refractivity contribution in [1.82, 2.24) is 0 Å². The van der Waals surface area contributed by atoms with Crippen molar-refractivity contribution in [2.45, 2.75) is 46.0 Å². The van der Waals surface area contributed by atoms with Crippen LogP contribution < -0.4 is 9.47 Å². The van der Waals surface area contributed by atoms with Gasteiger partial charge in [-0.25, -0.2) is 0 Å². The Labute approximate surface area is 161 Å². The first kappa shape index (κ1) is 19.3. The molecule has 4 heteroatoms. The fourth-order valence-corrected chi connectivity index (χ4v) is 3.45. The first-order chi connectivity index (χ1) is 13.1. The van der Waals surface area contributed by atoms with Crippen molar-refractivity contribution in [3.05, 3.63) is 47.0 Å². The van der Waals surface area contributed by atoms with Gasteiger partial charge in [0, 0.05) is 5.56 Å². The molecule has 144 valence electrons. The molecule has 0 aromatic heterocycles. The lowest BCUT2D eigenvalue weighted by molar-refractivity contribution is -0.139. The summed E-state index contributed by atoms with van der Waals surface area (Å²) in [5.41, 5.74) is 5.29. The second-order valence-corrected chi connectivity index (χ2v) is 6.96. The summed E-state index contributed by atoms with van der Waals surface area (Å²) in [7, 11) is 1.43. The Balaban J connectivity index is 2.08. The first-order valence-electron chi connectivity index (χ1n) is 9.72. The lowest BCUT2D eigenvalue weighted by atomic mass is 9.91. The molecule has 3 rings (SSSR count). The summed E-state index contributed by atoms with van der Waals surface area (Å²) in [5, 5.41) is 0. The van der Waals surface area contributed by atoms with Crippen LogP contribution in [0.2, 0.25) is 0 Å². The molecule has 0 atom stereocenters. The van der Waals surface area contributed by atoms with Gasteiger partial charge in [-0.15, -0.1) is 0 Å². The van der Waals surface area contributed by atoms with Gasteiger partial charge in [0.05, 0.1) is 26.7 Å². The van der Waals surface area contributed by atoms with Gasteiger partial charge >= 0.3 is 5.97 Å². The van der Waals surface area contributed by atoms with Crippen molar-refractivity contribution in [3.63, 3.8) is 0 Å². The normalized spacial score (nSPS) is 12.9. The van der Waals surface area contributed by atoms with Crippen molar-refractivity contribution >= 4 is 5.97 Å². The lowest BCUT2D eigenvalue weighted by Crippen LogP contribution is -2.10. The molecule has 2 aromatic rings. The molecule has 27 heavy (non-hydrogen) atoms. The molecule has 0 saturated carbocycles. The Morgan fingerprint density at radius 3 is 2.85 bits per heavy atom. The number of fused-ring (bicyclic) bond motifs is 1. The van der Waals surface area contributed by atoms with Crippen molar-refractivity contribution < 1.29 is 19.0 Å². The molecule has 0 saturated heterocycles. The zero-order valence-electron chi connectivity index (χ0n) is 16.5. The van der Waals surface area contributed by atoms with E-state index in [1.807, 2.05) is 25.1 Å². The molecule has 0 radical (unpaired) electrons. The SMILES string of the molecule is CCCCOc1ccc(C)c(CC(=O)OC)c1-c1ccc2c(c1)CCCO2. The second-order valence-electron chi connectivity index (χ2n) is 6.96. The standard InChI is InChI=1S/C23H28O4/c1-4-5-12-27-21-10-8-16(2)19(15-22(24)25-3)23(21)18-9-11-20-17(14-18)7-6-13-26-20/h8-11,14H,4-7,12-13,15H2,1-3H3. The van der Waals surface area contributed by atoms with Crippen LogP contribution in [0.25, 0.3) is 11.1 Å². The van der Waals surface area contributed by atoms with Crippen LogP contribution in [-0.2, 0) is 22.4 Å². The van der Waals surface area contributed by atoms with Gasteiger partial charge in [0.15, 0.2) is 0 Å². The third kappa shape index (κ3) is 4.44. The number of carbonyl (C=O) groups is 1. The first-order valence-corrected chi connectivity index (χ1v) is 9.72. The van der Waals surface area contributed by atoms with E-state index in [2.05, 4.69) is 19.1 Å². The van der Waals surface area contributed by atoms with Gasteiger partial charge in [-0.3, -0.25) is 4.79 Å². The van der Waals surface area contributed by atoms with E-state index in [1.165, 1.54) is 12.7 Å². The Morgan fingerprint density at radius 1 is 1.22 bits per heavy atom. The minimum atomic E-state index is -0.244. The molecule has 1 heterocycles. The van der Waals surface area contributed by atoms with Crippen molar-refractivity contribution in [2.24, 2.45) is 0 Å². The highest BCUT2D eigenvalue weighted by Gasteiger charge is 2.20. The summed E-state index contributed by atoms with van der Waals surface area (Å²) in [5.74, 6) is 1.54. The maximum Gasteiger partial charge on any atom is 0.310 e. The Bertz CT molecular complexity index is 810. The van der Waals surface area contributed by atoms with Crippen LogP contribution in [0, 0.1) is 6.92 Å². The zero-order valence-corrected chi connectivity index (χ0v) is 16.5. The van der Waals surface area contributed by atoms with Gasteiger partial charge in [-0.1, -0.05) is 25.5 Å². The van der Waals surface area contributed by atoms with E-state index in [0.717, 1.165) is 66.0 Å². The average Bonchev–Trinajstić information content (AvgIpc) is 2.70. The van der Waals surface area contributed by atoms with Gasteiger partial charge in [0.25, 0.3) is 0 Å². The summed E-state index contributed by atoms with van der Waals surface area (Å²) in [6.45, 7) is 5.61. The highest BCUT2D eigenvalue weighted by molar-refractivity contribution is 5.82. The number of unbranched alkanes of at least 4 members (excludes halogenated alkanes) is 1. The Hall–Kier alpha value is -2.49. The smallest absolute Gasteiger partial charge is 0.310 e. The van der Waals surface area contributed by atoms with E-state index >= 15 is 0 Å². The summed E-state index contributed by atoms with van der Waals surface area (Å²) < 4.78 is 16.8. The highest BCUT2D eigenvalue weighted by atomic mass is 16.5. The number of hydrogen-bond acceptors (Lipinski definition) is 4. The number of hydrogen-bond donors (Lipinski definition) is 0. The van der Waals surface area contributed by atoms with Crippen LogP contribution >= 0.6 is 0 Å². The number of carbonyl (C=O) groups excluding carboxylic acids is 1. The molecule has 0 fully saturated rings. The van der Waals surface area contributed by atoms with Crippen LogP contribution in [0.15, 0.2) is 30.3 Å². The molecule has 0 bridgehead atoms. The average molecular weight is 368 g/mol. The van der Waals surface area contributed by atoms with E-state index in [0.29, 0.717) is 6.61 Å². The minimum absolute atomic E-state index is 0.232. The van der Waals surface area contributed by atoms with Gasteiger partial charge in [0.1, 0.15) is 11.5 Å². The number of aryl methyl sites for hydroxylation is 2. The number of ether oxygens (including phenoxy) is 3. The summed E-state index contributed by atoms with van der Waals surface area (Å²) in [6, 6.07) is 10.3. The highest BCUT2D eigenvalue weighted by Crippen LogP contribution is 2.39. The van der Waals surface area contributed by atoms with Gasteiger partial charge in [0.2, 0.25) is 0 Å². The van der Waals surface area contributed by atoms with Crippen LogP contribution in [0.5, 0.6) is 11.5 Å². The van der Waals surface area contributed by atoms with Gasteiger partial charge in [-0.05, 0) is 66.6 Å². The largest absolute Gasteiger partial charge is 0.493 e. The molecule has 1 aliphatic heterocycles. The molecular formula is C23H28O4. The monoisotopic (exact) mass is 368 g/mol. The predicted octanol–water partition coefficient (Wildman–Crippen LogP) is 4.88. The molecule has 4 nitrogen and oxygen atoms in total. The van der Waals surface area contributed by atoms with Crippen molar-refractivity contribution in [1.29, 1.82) is 0 Å². The number of methoxy groups -OCH3 is 1. The summed E-state index contributed by atoms with van der Waals surface area (Å²) >= 11 is 0. The molecule has 1 aliphatic rings. The third-order valence-corrected chi connectivity index (χ3v) is 5.01. The molecule has 0 spiro atoms. The Kier molecular flexibility index (Phi) is 6.38. The summed E-state index contributed by atoms with van der Waals surface area (Å²) in [6.07, 6.45) is 4.34. The molecule has 0 N–H and O–H groups in total. The Morgan fingerprint density at radius 2 is 2.07 bits per heavy atom. The summed E-state index contributed by atoms with van der Waals surface area (Å²) in [4.78, 5) is 12.0. The quantitative estimate of drug-likeness (QED) is 0.516. The molecular weight excluding hydrogens is 340 g/mol. The zero-order chi connectivity index (χ0) is 19.2. The van der Waals surface area contributed by atoms with E-state index in [4.69, 9.17) is 14.2 Å². The van der Waals surface area contributed by atoms with E-state index in [1.54, 1.807) is 0 Å². The molecule has 2 aromatic carbocycles. The van der Waals surface area contributed by atoms with Crippen molar-refractivity contribution in [2.75, 3.05) is 20.3 Å². The third-order valence-electron chi connectivity index (χ3n) is 5.01. The fourth-order valence-electron chi connectivity index (χ4n) is 3.45. The molecule has 0 amide bonds. The van der Waals surface area contributed by atoms with Crippen LogP contribution in [0.3, 0.4) is 0 Å². The van der Waals surface area contributed by atoms with Gasteiger partial charge < -0.3 is 14.2 Å². The topological polar surface area (TPSA) is 44.8 Å². The fraction of sp³-hybridized carbons (Fsp3) is 0.435. The van der Waals surface area contributed by atoms with Crippen LogP contribution in [0.1, 0.15) is 42.9 Å². The second kappa shape index (κ2) is 8.94. The van der Waals surface area contributed by atoms with E-state index < -0.39 is 0 Å². The number of benzene rings is 2. The van der Waals surface area contributed by atoms with E-state index in [9.17, 15) is 4.79 Å². The lowest BCUT2D eigenvalue weighted by Gasteiger charge is -2.21. The molecule has 0 aliphatic carbocycles. The minimum Gasteiger partial charge on any atom is -0.493 e. The van der Waals surface area contributed by atoms with Crippen molar-refractivity contribution in [3.8, 4) is 22.6 Å². The molecule has 0 unspecified atom stereocenters. The van der Waals surface area contributed by atoms with Crippen LogP contribution in [-0.4, -0.2) is 26.3 Å². The van der Waals surface area contributed by atoms with E-state index in [-0.39, 0.29) is 12.4 Å². The number of esters is 1.